The van der Waals surface area contributed by atoms with E-state index < -0.39 is 34.1 Å². The van der Waals surface area contributed by atoms with Crippen molar-refractivity contribution in [3.63, 3.8) is 0 Å². The average Bonchev–Trinajstić information content (AvgIpc) is 2.99. The minimum Gasteiger partial charge on any atom is -0.497 e. The van der Waals surface area contributed by atoms with Gasteiger partial charge in [0.1, 0.15) is 31.5 Å². The van der Waals surface area contributed by atoms with Gasteiger partial charge in [-0.1, -0.05) is 37.3 Å². The zero-order chi connectivity index (χ0) is 31.2. The fraction of sp³-hybridized carbons (Fsp3) is 0.375. The number of amides is 2. The lowest BCUT2D eigenvalue weighted by molar-refractivity contribution is -0.141. The molecule has 1 heterocycles. The Hall–Kier alpha value is -4.25. The second kappa shape index (κ2) is 13.4. The molecule has 2 amide bonds. The molecule has 4 rings (SSSR count). The highest BCUT2D eigenvalue weighted by Crippen LogP contribution is 2.36. The normalized spacial score (nSPS) is 13.5. The molecule has 3 aromatic rings. The summed E-state index contributed by atoms with van der Waals surface area (Å²) in [5.41, 5.74) is 0.421. The van der Waals surface area contributed by atoms with Crippen molar-refractivity contribution < 1.29 is 32.2 Å². The molecule has 1 aliphatic heterocycles. The van der Waals surface area contributed by atoms with Gasteiger partial charge < -0.3 is 24.4 Å². The number of carbonyl (C=O) groups is 2. The lowest BCUT2D eigenvalue weighted by Crippen LogP contribution is -2.55. The van der Waals surface area contributed by atoms with E-state index in [1.54, 1.807) is 61.7 Å². The van der Waals surface area contributed by atoms with Crippen LogP contribution in [0.1, 0.15) is 39.7 Å². The number of anilines is 1. The molecule has 1 aliphatic rings. The van der Waals surface area contributed by atoms with Crippen molar-refractivity contribution in [2.75, 3.05) is 31.2 Å². The van der Waals surface area contributed by atoms with E-state index in [2.05, 4.69) is 5.32 Å². The standard InChI is InChI=1S/C32H39N3O7S/c1-6-27(31(37)33-32(2,3)4)34(21-23-11-10-12-25(19-23)40-5)30(36)22-35(43(38,39)26-13-8-7-9-14-26)24-15-16-28-29(20-24)42-18-17-41-28/h7-16,19-20,27H,6,17-18,21-22H2,1-5H3,(H,33,37)/t27-/m1/s1. The Balaban J connectivity index is 1.77. The van der Waals surface area contributed by atoms with E-state index in [1.165, 1.54) is 17.0 Å². The highest BCUT2D eigenvalue weighted by molar-refractivity contribution is 7.92. The zero-order valence-corrected chi connectivity index (χ0v) is 26.0. The molecule has 0 unspecified atom stereocenters. The molecule has 1 N–H and O–H groups in total. The molecule has 11 heteroatoms. The Labute approximate surface area is 253 Å². The van der Waals surface area contributed by atoms with Crippen LogP contribution in [0.5, 0.6) is 17.2 Å². The summed E-state index contributed by atoms with van der Waals surface area (Å²) in [6.07, 6.45) is 0.313. The van der Waals surface area contributed by atoms with Crippen molar-refractivity contribution in [2.45, 2.75) is 57.1 Å². The maximum atomic E-state index is 14.3. The molecule has 0 saturated carbocycles. The Morgan fingerprint density at radius 2 is 1.65 bits per heavy atom. The molecule has 0 aliphatic carbocycles. The second-order valence-electron chi connectivity index (χ2n) is 11.2. The molecule has 0 aromatic heterocycles. The van der Waals surface area contributed by atoms with Crippen molar-refractivity contribution >= 4 is 27.5 Å². The van der Waals surface area contributed by atoms with Crippen molar-refractivity contribution in [1.29, 1.82) is 0 Å². The van der Waals surface area contributed by atoms with Crippen LogP contribution in [0.2, 0.25) is 0 Å². The van der Waals surface area contributed by atoms with Crippen molar-refractivity contribution in [3.8, 4) is 17.2 Å². The first-order valence-corrected chi connectivity index (χ1v) is 15.6. The van der Waals surface area contributed by atoms with Gasteiger partial charge in [-0.15, -0.1) is 0 Å². The van der Waals surface area contributed by atoms with Gasteiger partial charge in [-0.3, -0.25) is 13.9 Å². The molecule has 3 aromatic carbocycles. The van der Waals surface area contributed by atoms with Crippen LogP contribution in [-0.2, 0) is 26.2 Å². The third kappa shape index (κ3) is 7.78. The van der Waals surface area contributed by atoms with Gasteiger partial charge in [0, 0.05) is 18.2 Å². The summed E-state index contributed by atoms with van der Waals surface area (Å²) < 4.78 is 45.9. The van der Waals surface area contributed by atoms with Crippen LogP contribution in [0.15, 0.2) is 77.7 Å². The first-order chi connectivity index (χ1) is 20.4. The van der Waals surface area contributed by atoms with Crippen LogP contribution in [0, 0.1) is 0 Å². The fourth-order valence-corrected chi connectivity index (χ4v) is 6.20. The second-order valence-corrected chi connectivity index (χ2v) is 13.1. The van der Waals surface area contributed by atoms with Gasteiger partial charge in [0.25, 0.3) is 10.0 Å². The summed E-state index contributed by atoms with van der Waals surface area (Å²) in [7, 11) is -2.66. The Kier molecular flexibility index (Phi) is 9.85. The summed E-state index contributed by atoms with van der Waals surface area (Å²) in [6.45, 7) is 7.61. The Bertz CT molecular complexity index is 1540. The highest BCUT2D eigenvalue weighted by Gasteiger charge is 2.35. The summed E-state index contributed by atoms with van der Waals surface area (Å²) in [5.74, 6) is 0.592. The predicted molar refractivity (Wildman–Crippen MR) is 164 cm³/mol. The predicted octanol–water partition coefficient (Wildman–Crippen LogP) is 4.38. The number of hydrogen-bond donors (Lipinski definition) is 1. The summed E-state index contributed by atoms with van der Waals surface area (Å²) in [4.78, 5) is 29.2. The lowest BCUT2D eigenvalue weighted by Gasteiger charge is -2.35. The molecular formula is C32H39N3O7S. The molecule has 0 fully saturated rings. The van der Waals surface area contributed by atoms with E-state index in [1.807, 2.05) is 33.8 Å². The van der Waals surface area contributed by atoms with Gasteiger partial charge in [-0.05, 0) is 69.2 Å². The van der Waals surface area contributed by atoms with Crippen LogP contribution < -0.4 is 23.8 Å². The van der Waals surface area contributed by atoms with Gasteiger partial charge in [0.2, 0.25) is 11.8 Å². The number of sulfonamides is 1. The topological polar surface area (TPSA) is 114 Å². The molecular weight excluding hydrogens is 570 g/mol. The number of nitrogens with zero attached hydrogens (tertiary/aromatic N) is 2. The molecule has 0 bridgehead atoms. The van der Waals surface area contributed by atoms with Crippen LogP contribution in [0.4, 0.5) is 5.69 Å². The molecule has 230 valence electrons. The quantitative estimate of drug-likeness (QED) is 0.343. The molecule has 0 saturated heterocycles. The third-order valence-corrected chi connectivity index (χ3v) is 8.58. The van der Waals surface area contributed by atoms with E-state index in [0.29, 0.717) is 36.9 Å². The van der Waals surface area contributed by atoms with E-state index in [4.69, 9.17) is 14.2 Å². The van der Waals surface area contributed by atoms with E-state index in [9.17, 15) is 18.0 Å². The average molecular weight is 610 g/mol. The molecule has 43 heavy (non-hydrogen) atoms. The fourth-order valence-electron chi connectivity index (χ4n) is 4.78. The number of ether oxygens (including phenoxy) is 3. The van der Waals surface area contributed by atoms with Gasteiger partial charge in [0.05, 0.1) is 17.7 Å². The smallest absolute Gasteiger partial charge is 0.264 e. The van der Waals surface area contributed by atoms with Crippen LogP contribution in [-0.4, -0.2) is 63.6 Å². The van der Waals surface area contributed by atoms with Crippen LogP contribution >= 0.6 is 0 Å². The number of fused-ring (bicyclic) bond motifs is 1. The van der Waals surface area contributed by atoms with Gasteiger partial charge in [0.15, 0.2) is 11.5 Å². The van der Waals surface area contributed by atoms with Gasteiger partial charge >= 0.3 is 0 Å². The van der Waals surface area contributed by atoms with E-state index in [0.717, 1.165) is 9.87 Å². The van der Waals surface area contributed by atoms with Crippen molar-refractivity contribution in [1.82, 2.24) is 10.2 Å². The van der Waals surface area contributed by atoms with Crippen molar-refractivity contribution in [2.24, 2.45) is 0 Å². The third-order valence-electron chi connectivity index (χ3n) is 6.79. The number of hydrogen-bond acceptors (Lipinski definition) is 7. The van der Waals surface area contributed by atoms with Gasteiger partial charge in [-0.2, -0.15) is 0 Å². The highest BCUT2D eigenvalue weighted by atomic mass is 32.2. The maximum Gasteiger partial charge on any atom is 0.264 e. The summed E-state index contributed by atoms with van der Waals surface area (Å²) in [5, 5.41) is 2.97. The van der Waals surface area contributed by atoms with E-state index >= 15 is 0 Å². The van der Waals surface area contributed by atoms with Crippen LogP contribution in [0.3, 0.4) is 0 Å². The monoisotopic (exact) mass is 609 g/mol. The number of methoxy groups -OCH3 is 1. The summed E-state index contributed by atoms with van der Waals surface area (Å²) >= 11 is 0. The Morgan fingerprint density at radius 1 is 0.953 bits per heavy atom. The maximum absolute atomic E-state index is 14.3. The number of benzene rings is 3. The SMILES string of the molecule is CC[C@H](C(=O)NC(C)(C)C)N(Cc1cccc(OC)c1)C(=O)CN(c1ccc2c(c1)OCCO2)S(=O)(=O)c1ccccc1. The minimum absolute atomic E-state index is 0.0227. The minimum atomic E-state index is -4.21. The van der Waals surface area contributed by atoms with Gasteiger partial charge in [-0.25, -0.2) is 8.42 Å². The molecule has 1 atom stereocenters. The summed E-state index contributed by atoms with van der Waals surface area (Å²) in [6, 6.07) is 19.0. The first-order valence-electron chi connectivity index (χ1n) is 14.1. The zero-order valence-electron chi connectivity index (χ0n) is 25.2. The number of carbonyl (C=O) groups excluding carboxylic acids is 2. The number of nitrogens with one attached hydrogen (secondary N) is 1. The molecule has 0 radical (unpaired) electrons. The number of rotatable bonds is 11. The largest absolute Gasteiger partial charge is 0.497 e. The molecule has 10 nitrogen and oxygen atoms in total. The first kappa shape index (κ1) is 31.7. The van der Waals surface area contributed by atoms with Crippen molar-refractivity contribution in [3.05, 3.63) is 78.4 Å². The lowest BCUT2D eigenvalue weighted by atomic mass is 10.1. The van der Waals surface area contributed by atoms with Crippen LogP contribution in [0.25, 0.3) is 0 Å². The van der Waals surface area contributed by atoms with E-state index in [-0.39, 0.29) is 23.0 Å². The molecule has 0 spiro atoms. The Morgan fingerprint density at radius 3 is 2.30 bits per heavy atom.